The second kappa shape index (κ2) is 7.25. The van der Waals surface area contributed by atoms with Crippen molar-refractivity contribution in [1.82, 2.24) is 5.48 Å². The summed E-state index contributed by atoms with van der Waals surface area (Å²) in [5, 5.41) is 18.4. The molecule has 0 bridgehead atoms. The Hall–Kier alpha value is -2.61. The zero-order chi connectivity index (χ0) is 16.0. The Balaban J connectivity index is 2.94. The second-order valence-electron chi connectivity index (χ2n) is 4.19. The van der Waals surface area contributed by atoms with Gasteiger partial charge in [0.1, 0.15) is 17.5 Å². The number of carbonyl (C=O) groups excluding carboxylic acids is 2. The quantitative estimate of drug-likeness (QED) is 0.391. The maximum atomic E-state index is 11.1. The number of phenols is 1. The van der Waals surface area contributed by atoms with Gasteiger partial charge in [-0.25, -0.2) is 0 Å². The summed E-state index contributed by atoms with van der Waals surface area (Å²) in [6.45, 7) is 2.30. The van der Waals surface area contributed by atoms with E-state index in [4.69, 9.17) is 9.84 Å². The van der Waals surface area contributed by atoms with Gasteiger partial charge in [-0.2, -0.15) is 0 Å². The smallest absolute Gasteiger partial charge is 0.324 e. The number of phenolic OH excluding ortho intramolecular Hbond substituents is 1. The number of aromatic hydroxyl groups is 1. The van der Waals surface area contributed by atoms with Crippen molar-refractivity contribution in [2.75, 3.05) is 0 Å². The fourth-order valence-electron chi connectivity index (χ4n) is 1.52. The van der Waals surface area contributed by atoms with E-state index in [2.05, 4.69) is 10.3 Å². The number of aliphatic carboxylic acids is 1. The summed E-state index contributed by atoms with van der Waals surface area (Å²) in [6.07, 6.45) is -0.120. The minimum absolute atomic E-state index is 0.0402. The Morgan fingerprint density at radius 3 is 2.43 bits per heavy atom. The number of rotatable bonds is 6. The molecule has 0 unspecified atom stereocenters. The molecule has 0 saturated carbocycles. The highest BCUT2D eigenvalue weighted by molar-refractivity contribution is 5.75. The van der Waals surface area contributed by atoms with Crippen molar-refractivity contribution in [2.24, 2.45) is 0 Å². The van der Waals surface area contributed by atoms with Gasteiger partial charge in [-0.05, 0) is 11.6 Å². The molecule has 0 radical (unpaired) electrons. The molecule has 3 N–H and O–H groups in total. The number of hydrogen-bond acceptors (Lipinski definition) is 7. The molecular weight excluding hydrogens is 282 g/mol. The van der Waals surface area contributed by atoms with Crippen molar-refractivity contribution < 1.29 is 34.2 Å². The highest BCUT2D eigenvalue weighted by Gasteiger charge is 2.21. The van der Waals surface area contributed by atoms with Crippen molar-refractivity contribution in [3.63, 3.8) is 0 Å². The molecule has 21 heavy (non-hydrogen) atoms. The van der Waals surface area contributed by atoms with E-state index in [1.165, 1.54) is 25.1 Å². The molecule has 8 nitrogen and oxygen atoms in total. The Kier molecular flexibility index (Phi) is 5.67. The number of nitrogens with one attached hydrogen (secondary N) is 1. The van der Waals surface area contributed by atoms with E-state index in [0.717, 1.165) is 6.92 Å². The standard InChI is InChI=1S/C13H15NO7/c1-7(15)20-12-6-10(17)4-3-9(12)5-11(13(18)19)14-21-8(2)16/h3-4,6,11,14,17H,5H2,1-2H3,(H,18,19)/t11-/m0/s1. The van der Waals surface area contributed by atoms with Gasteiger partial charge in [0.15, 0.2) is 0 Å². The summed E-state index contributed by atoms with van der Waals surface area (Å²) in [6, 6.07) is 2.71. The van der Waals surface area contributed by atoms with Crippen LogP contribution in [-0.2, 0) is 25.6 Å². The van der Waals surface area contributed by atoms with E-state index >= 15 is 0 Å². The third-order valence-electron chi connectivity index (χ3n) is 2.37. The molecule has 0 aliphatic heterocycles. The third-order valence-corrected chi connectivity index (χ3v) is 2.37. The van der Waals surface area contributed by atoms with Gasteiger partial charge in [-0.1, -0.05) is 6.07 Å². The number of hydrogen-bond donors (Lipinski definition) is 3. The van der Waals surface area contributed by atoms with E-state index < -0.39 is 23.9 Å². The number of carbonyl (C=O) groups is 3. The van der Waals surface area contributed by atoms with Crippen LogP contribution in [0.25, 0.3) is 0 Å². The Bertz CT molecular complexity index is 555. The molecule has 1 aromatic carbocycles. The molecule has 0 saturated heterocycles. The number of esters is 1. The summed E-state index contributed by atoms with van der Waals surface area (Å²) in [5.41, 5.74) is 2.47. The first kappa shape index (κ1) is 16.4. The van der Waals surface area contributed by atoms with Crippen molar-refractivity contribution in [3.05, 3.63) is 23.8 Å². The Labute approximate surface area is 120 Å². The van der Waals surface area contributed by atoms with Crippen LogP contribution in [0, 0.1) is 0 Å². The van der Waals surface area contributed by atoms with Gasteiger partial charge in [0.25, 0.3) is 0 Å². The van der Waals surface area contributed by atoms with Crippen molar-refractivity contribution >= 4 is 17.9 Å². The van der Waals surface area contributed by atoms with Gasteiger partial charge < -0.3 is 19.8 Å². The van der Waals surface area contributed by atoms with E-state index in [1.807, 2.05) is 0 Å². The molecule has 1 atom stereocenters. The first-order valence-corrected chi connectivity index (χ1v) is 5.95. The molecule has 0 amide bonds. The molecule has 0 spiro atoms. The minimum atomic E-state index is -1.25. The van der Waals surface area contributed by atoms with Crippen LogP contribution in [0.4, 0.5) is 0 Å². The molecule has 1 aromatic rings. The predicted octanol–water partition coefficient (Wildman–Crippen LogP) is 0.381. The Morgan fingerprint density at radius 2 is 1.90 bits per heavy atom. The van der Waals surface area contributed by atoms with Crippen LogP contribution in [0.1, 0.15) is 19.4 Å². The highest BCUT2D eigenvalue weighted by atomic mass is 16.7. The lowest BCUT2D eigenvalue weighted by Gasteiger charge is -2.15. The van der Waals surface area contributed by atoms with Gasteiger partial charge >= 0.3 is 17.9 Å². The average molecular weight is 297 g/mol. The summed E-state index contributed by atoms with van der Waals surface area (Å²) in [7, 11) is 0. The zero-order valence-electron chi connectivity index (χ0n) is 11.5. The van der Waals surface area contributed by atoms with E-state index in [-0.39, 0.29) is 17.9 Å². The molecular formula is C13H15NO7. The van der Waals surface area contributed by atoms with Gasteiger partial charge in [0.05, 0.1) is 0 Å². The molecule has 0 aromatic heterocycles. The molecule has 0 fully saturated rings. The largest absolute Gasteiger partial charge is 0.508 e. The van der Waals surface area contributed by atoms with Gasteiger partial charge in [-0.3, -0.25) is 14.4 Å². The van der Waals surface area contributed by atoms with Gasteiger partial charge in [-0.15, -0.1) is 5.48 Å². The third kappa shape index (κ3) is 5.49. The maximum Gasteiger partial charge on any atom is 0.324 e. The monoisotopic (exact) mass is 297 g/mol. The van der Waals surface area contributed by atoms with Crippen LogP contribution in [0.3, 0.4) is 0 Å². The molecule has 1 rings (SSSR count). The summed E-state index contributed by atoms with van der Waals surface area (Å²) >= 11 is 0. The van der Waals surface area contributed by atoms with Gasteiger partial charge in [0, 0.05) is 26.3 Å². The number of hydroxylamine groups is 1. The molecule has 114 valence electrons. The lowest BCUT2D eigenvalue weighted by molar-refractivity contribution is -0.155. The lowest BCUT2D eigenvalue weighted by atomic mass is 10.1. The van der Waals surface area contributed by atoms with E-state index in [1.54, 1.807) is 0 Å². The fraction of sp³-hybridized carbons (Fsp3) is 0.308. The normalized spacial score (nSPS) is 11.5. The van der Waals surface area contributed by atoms with Crippen molar-refractivity contribution in [1.29, 1.82) is 0 Å². The summed E-state index contributed by atoms with van der Waals surface area (Å²) < 4.78 is 4.91. The van der Waals surface area contributed by atoms with Crippen molar-refractivity contribution in [3.8, 4) is 11.5 Å². The number of carboxylic acids is 1. The molecule has 0 heterocycles. The van der Waals surface area contributed by atoms with Crippen LogP contribution in [0.15, 0.2) is 18.2 Å². The molecule has 0 aliphatic carbocycles. The van der Waals surface area contributed by atoms with Crippen LogP contribution < -0.4 is 10.2 Å². The first-order chi connectivity index (χ1) is 9.79. The van der Waals surface area contributed by atoms with Crippen LogP contribution in [-0.4, -0.2) is 34.2 Å². The number of ether oxygens (including phenoxy) is 1. The summed E-state index contributed by atoms with van der Waals surface area (Å²) in [4.78, 5) is 37.3. The van der Waals surface area contributed by atoms with E-state index in [9.17, 15) is 19.5 Å². The summed E-state index contributed by atoms with van der Waals surface area (Å²) in [5.74, 6) is -2.64. The van der Waals surface area contributed by atoms with Gasteiger partial charge in [0.2, 0.25) is 0 Å². The predicted molar refractivity (Wildman–Crippen MR) is 69.4 cm³/mol. The van der Waals surface area contributed by atoms with Crippen LogP contribution in [0.2, 0.25) is 0 Å². The lowest BCUT2D eigenvalue weighted by Crippen LogP contribution is -2.39. The highest BCUT2D eigenvalue weighted by Crippen LogP contribution is 2.25. The van der Waals surface area contributed by atoms with Crippen molar-refractivity contribution in [2.45, 2.75) is 26.3 Å². The zero-order valence-corrected chi connectivity index (χ0v) is 11.5. The van der Waals surface area contributed by atoms with Crippen LogP contribution in [0.5, 0.6) is 11.5 Å². The topological polar surface area (TPSA) is 122 Å². The average Bonchev–Trinajstić information content (AvgIpc) is 2.35. The van der Waals surface area contributed by atoms with E-state index in [0.29, 0.717) is 5.56 Å². The number of carboxylic acid groups (broad SMARTS) is 1. The Morgan fingerprint density at radius 1 is 1.24 bits per heavy atom. The first-order valence-electron chi connectivity index (χ1n) is 5.95. The SMILES string of the molecule is CC(=O)ON[C@@H](Cc1ccc(O)cc1OC(C)=O)C(=O)O. The molecule has 0 aliphatic rings. The minimum Gasteiger partial charge on any atom is -0.508 e. The second-order valence-corrected chi connectivity index (χ2v) is 4.19. The molecule has 8 heteroatoms. The fourth-order valence-corrected chi connectivity index (χ4v) is 1.52. The maximum absolute atomic E-state index is 11.1. The number of benzene rings is 1. The van der Waals surface area contributed by atoms with Crippen LogP contribution >= 0.6 is 0 Å².